The Labute approximate surface area is 225 Å². The van der Waals surface area contributed by atoms with Crippen LogP contribution in [0.1, 0.15) is 19.4 Å². The molecule has 0 spiro atoms. The van der Waals surface area contributed by atoms with Crippen LogP contribution >= 0.6 is 27.5 Å². The zero-order chi connectivity index (χ0) is 26.3. The van der Waals surface area contributed by atoms with E-state index in [1.54, 1.807) is 56.3 Å². The molecule has 0 aliphatic rings. The Morgan fingerprint density at radius 2 is 1.58 bits per heavy atom. The Hall–Kier alpha value is -2.88. The van der Waals surface area contributed by atoms with Crippen LogP contribution in [0.2, 0.25) is 5.02 Å². The van der Waals surface area contributed by atoms with Crippen LogP contribution in [0.15, 0.2) is 88.2 Å². The SMILES string of the molecule is CCNC(=O)[C@H](C)N(Cc1ccc(Br)cc1)C(=O)CN(c1ccccc1Cl)S(=O)(=O)c1ccccc1. The van der Waals surface area contributed by atoms with E-state index >= 15 is 0 Å². The molecule has 7 nitrogen and oxygen atoms in total. The Kier molecular flexibility index (Phi) is 9.53. The molecule has 0 aromatic heterocycles. The van der Waals surface area contributed by atoms with Crippen molar-refractivity contribution < 1.29 is 18.0 Å². The second-order valence-electron chi connectivity index (χ2n) is 7.99. The van der Waals surface area contributed by atoms with E-state index in [1.165, 1.54) is 17.0 Å². The highest BCUT2D eigenvalue weighted by molar-refractivity contribution is 9.10. The van der Waals surface area contributed by atoms with Gasteiger partial charge in [-0.2, -0.15) is 0 Å². The average molecular weight is 593 g/mol. The van der Waals surface area contributed by atoms with Gasteiger partial charge in [0.15, 0.2) is 0 Å². The van der Waals surface area contributed by atoms with E-state index in [1.807, 2.05) is 24.3 Å². The van der Waals surface area contributed by atoms with Gasteiger partial charge >= 0.3 is 0 Å². The molecule has 3 rings (SSSR count). The van der Waals surface area contributed by atoms with Gasteiger partial charge < -0.3 is 10.2 Å². The number of carbonyl (C=O) groups is 2. The van der Waals surface area contributed by atoms with Crippen LogP contribution in [-0.4, -0.2) is 44.3 Å². The molecule has 1 N–H and O–H groups in total. The van der Waals surface area contributed by atoms with E-state index in [0.717, 1.165) is 14.3 Å². The number of hydrogen-bond acceptors (Lipinski definition) is 4. The first-order valence-corrected chi connectivity index (χ1v) is 13.9. The summed E-state index contributed by atoms with van der Waals surface area (Å²) < 4.78 is 29.2. The Morgan fingerprint density at radius 3 is 2.19 bits per heavy atom. The summed E-state index contributed by atoms with van der Waals surface area (Å²) in [4.78, 5) is 27.8. The number of amides is 2. The monoisotopic (exact) mass is 591 g/mol. The zero-order valence-corrected chi connectivity index (χ0v) is 23.1. The lowest BCUT2D eigenvalue weighted by atomic mass is 10.1. The molecule has 0 heterocycles. The van der Waals surface area contributed by atoms with Crippen molar-refractivity contribution in [2.45, 2.75) is 31.3 Å². The molecule has 0 saturated carbocycles. The van der Waals surface area contributed by atoms with Crippen molar-refractivity contribution in [1.82, 2.24) is 10.2 Å². The molecule has 36 heavy (non-hydrogen) atoms. The minimum Gasteiger partial charge on any atom is -0.355 e. The molecule has 0 fully saturated rings. The van der Waals surface area contributed by atoms with Crippen molar-refractivity contribution in [2.75, 3.05) is 17.4 Å². The van der Waals surface area contributed by atoms with Crippen molar-refractivity contribution >= 4 is 55.1 Å². The summed E-state index contributed by atoms with van der Waals surface area (Å²) in [6, 6.07) is 20.8. The van der Waals surface area contributed by atoms with Gasteiger partial charge in [0.05, 0.1) is 15.6 Å². The molecular weight excluding hydrogens is 566 g/mol. The van der Waals surface area contributed by atoms with Crippen LogP contribution in [0.3, 0.4) is 0 Å². The molecule has 0 saturated heterocycles. The van der Waals surface area contributed by atoms with Crippen molar-refractivity contribution in [3.05, 3.63) is 93.9 Å². The molecule has 1 atom stereocenters. The highest BCUT2D eigenvalue weighted by Crippen LogP contribution is 2.30. The fourth-order valence-corrected chi connectivity index (χ4v) is 5.58. The number of carbonyl (C=O) groups excluding carboxylic acids is 2. The van der Waals surface area contributed by atoms with Crippen LogP contribution in [0.5, 0.6) is 0 Å². The second-order valence-corrected chi connectivity index (χ2v) is 11.2. The van der Waals surface area contributed by atoms with Crippen LogP contribution in [0.4, 0.5) is 5.69 Å². The van der Waals surface area contributed by atoms with Crippen LogP contribution in [0, 0.1) is 0 Å². The number of para-hydroxylation sites is 1. The maximum absolute atomic E-state index is 13.7. The fraction of sp³-hybridized carbons (Fsp3) is 0.231. The van der Waals surface area contributed by atoms with Crippen LogP contribution in [0.25, 0.3) is 0 Å². The molecule has 0 unspecified atom stereocenters. The molecule has 0 radical (unpaired) electrons. The maximum Gasteiger partial charge on any atom is 0.264 e. The molecule has 0 bridgehead atoms. The number of halogens is 2. The summed E-state index contributed by atoms with van der Waals surface area (Å²) in [5, 5.41) is 2.91. The summed E-state index contributed by atoms with van der Waals surface area (Å²) in [6.45, 7) is 3.38. The molecule has 10 heteroatoms. The molecular formula is C26H27BrClN3O4S. The number of anilines is 1. The van der Waals surface area contributed by atoms with Crippen LogP contribution in [-0.2, 0) is 26.2 Å². The lowest BCUT2D eigenvalue weighted by Crippen LogP contribution is -2.51. The number of rotatable bonds is 10. The first-order valence-electron chi connectivity index (χ1n) is 11.3. The van der Waals surface area contributed by atoms with Crippen molar-refractivity contribution in [3.8, 4) is 0 Å². The topological polar surface area (TPSA) is 86.8 Å². The van der Waals surface area contributed by atoms with Gasteiger partial charge in [-0.25, -0.2) is 8.42 Å². The number of benzene rings is 3. The number of hydrogen-bond donors (Lipinski definition) is 1. The number of likely N-dealkylation sites (N-methyl/N-ethyl adjacent to an activating group) is 1. The summed E-state index contributed by atoms with van der Waals surface area (Å²) in [5.74, 6) is -0.880. The van der Waals surface area contributed by atoms with Crippen molar-refractivity contribution in [3.63, 3.8) is 0 Å². The highest BCUT2D eigenvalue weighted by Gasteiger charge is 2.33. The predicted octanol–water partition coefficient (Wildman–Crippen LogP) is 4.85. The smallest absolute Gasteiger partial charge is 0.264 e. The summed E-state index contributed by atoms with van der Waals surface area (Å²) >= 11 is 9.77. The van der Waals surface area contributed by atoms with Gasteiger partial charge in [0.1, 0.15) is 12.6 Å². The largest absolute Gasteiger partial charge is 0.355 e. The van der Waals surface area contributed by atoms with Gasteiger partial charge in [-0.1, -0.05) is 70.0 Å². The zero-order valence-electron chi connectivity index (χ0n) is 19.9. The van der Waals surface area contributed by atoms with Crippen LogP contribution < -0.4 is 9.62 Å². The van der Waals surface area contributed by atoms with E-state index in [4.69, 9.17) is 11.6 Å². The number of sulfonamides is 1. The maximum atomic E-state index is 13.7. The summed E-state index contributed by atoms with van der Waals surface area (Å²) in [7, 11) is -4.15. The van der Waals surface area contributed by atoms with Gasteiger partial charge in [-0.3, -0.25) is 13.9 Å². The quantitative estimate of drug-likeness (QED) is 0.365. The number of nitrogens with one attached hydrogen (secondary N) is 1. The highest BCUT2D eigenvalue weighted by atomic mass is 79.9. The Balaban J connectivity index is 2.02. The summed E-state index contributed by atoms with van der Waals surface area (Å²) in [6.07, 6.45) is 0. The van der Waals surface area contributed by atoms with Crippen molar-refractivity contribution in [2.24, 2.45) is 0 Å². The van der Waals surface area contributed by atoms with Gasteiger partial charge in [0, 0.05) is 17.6 Å². The van der Waals surface area contributed by atoms with Crippen molar-refractivity contribution in [1.29, 1.82) is 0 Å². The first-order chi connectivity index (χ1) is 17.1. The molecule has 3 aromatic rings. The lowest BCUT2D eigenvalue weighted by Gasteiger charge is -2.32. The Bertz CT molecular complexity index is 1300. The van der Waals surface area contributed by atoms with E-state index in [0.29, 0.717) is 6.54 Å². The summed E-state index contributed by atoms with van der Waals surface area (Å²) in [5.41, 5.74) is 0.962. The average Bonchev–Trinajstić information content (AvgIpc) is 2.87. The Morgan fingerprint density at radius 1 is 0.972 bits per heavy atom. The van der Waals surface area contributed by atoms with E-state index in [-0.39, 0.29) is 28.1 Å². The van der Waals surface area contributed by atoms with Gasteiger partial charge in [-0.15, -0.1) is 0 Å². The van der Waals surface area contributed by atoms with Gasteiger partial charge in [-0.05, 0) is 55.8 Å². The van der Waals surface area contributed by atoms with E-state index in [2.05, 4.69) is 21.2 Å². The molecule has 190 valence electrons. The predicted molar refractivity (Wildman–Crippen MR) is 145 cm³/mol. The molecule has 3 aromatic carbocycles. The molecule has 2 amide bonds. The molecule has 0 aliphatic carbocycles. The minimum atomic E-state index is -4.15. The first kappa shape index (κ1) is 27.7. The second kappa shape index (κ2) is 12.4. The van der Waals surface area contributed by atoms with E-state index < -0.39 is 28.5 Å². The normalized spacial score (nSPS) is 12.0. The lowest BCUT2D eigenvalue weighted by molar-refractivity contribution is -0.139. The number of nitrogens with zero attached hydrogens (tertiary/aromatic N) is 2. The van der Waals surface area contributed by atoms with E-state index in [9.17, 15) is 18.0 Å². The minimum absolute atomic E-state index is 0.0222. The third kappa shape index (κ3) is 6.66. The van der Waals surface area contributed by atoms with Gasteiger partial charge in [0.2, 0.25) is 11.8 Å². The van der Waals surface area contributed by atoms with Gasteiger partial charge in [0.25, 0.3) is 10.0 Å². The third-order valence-electron chi connectivity index (χ3n) is 5.52. The molecule has 0 aliphatic heterocycles. The standard InChI is InChI=1S/C26H27BrClN3O4S/c1-3-29-26(33)19(2)30(17-20-13-15-21(27)16-14-20)25(32)18-31(24-12-8-7-11-23(24)28)36(34,35)22-9-5-4-6-10-22/h4-16,19H,3,17-18H2,1-2H3,(H,29,33)/t19-/m0/s1. The third-order valence-corrected chi connectivity index (χ3v) is 8.14. The fourth-order valence-electron chi connectivity index (χ4n) is 3.58.